The quantitative estimate of drug-likeness (QED) is 0.653. The molecule has 12 heavy (non-hydrogen) atoms. The Morgan fingerprint density at radius 2 is 2.08 bits per heavy atom. The molecule has 0 amide bonds. The molecule has 0 unspecified atom stereocenters. The third-order valence-corrected chi connectivity index (χ3v) is 2.53. The van der Waals surface area contributed by atoms with Crippen LogP contribution in [-0.4, -0.2) is 4.98 Å². The SMILES string of the molecule is CCC(C)(C)c1ncccc1C. The summed E-state index contributed by atoms with van der Waals surface area (Å²) in [5, 5.41) is 0. The minimum atomic E-state index is 0.214. The maximum atomic E-state index is 4.42. The van der Waals surface area contributed by atoms with Crippen molar-refractivity contribution in [2.45, 2.75) is 39.5 Å². The second kappa shape index (κ2) is 3.26. The standard InChI is InChI=1S/C11H17N/c1-5-11(3,4)10-9(2)7-6-8-12-10/h6-8H,5H2,1-4H3. The van der Waals surface area contributed by atoms with Crippen LogP contribution in [0.5, 0.6) is 0 Å². The zero-order valence-corrected chi connectivity index (χ0v) is 8.39. The summed E-state index contributed by atoms with van der Waals surface area (Å²) >= 11 is 0. The van der Waals surface area contributed by atoms with Gasteiger partial charge in [0.15, 0.2) is 0 Å². The first-order valence-electron chi connectivity index (χ1n) is 4.50. The van der Waals surface area contributed by atoms with Crippen molar-refractivity contribution in [3.63, 3.8) is 0 Å². The highest BCUT2D eigenvalue weighted by molar-refractivity contribution is 5.24. The average Bonchev–Trinajstić information content (AvgIpc) is 2.05. The molecule has 0 spiro atoms. The van der Waals surface area contributed by atoms with Gasteiger partial charge in [0.05, 0.1) is 0 Å². The molecular weight excluding hydrogens is 146 g/mol. The molecule has 0 fully saturated rings. The molecule has 0 saturated carbocycles. The Labute approximate surface area is 74.8 Å². The average molecular weight is 163 g/mol. The lowest BCUT2D eigenvalue weighted by molar-refractivity contribution is 0.487. The summed E-state index contributed by atoms with van der Waals surface area (Å²) < 4.78 is 0. The highest BCUT2D eigenvalue weighted by Crippen LogP contribution is 2.26. The van der Waals surface area contributed by atoms with Gasteiger partial charge in [-0.3, -0.25) is 4.98 Å². The Bertz CT molecular complexity index is 263. The predicted molar refractivity (Wildman–Crippen MR) is 52.3 cm³/mol. The summed E-state index contributed by atoms with van der Waals surface area (Å²) in [5.74, 6) is 0. The van der Waals surface area contributed by atoms with Crippen LogP contribution in [0.1, 0.15) is 38.4 Å². The second-order valence-electron chi connectivity index (χ2n) is 3.91. The number of hydrogen-bond donors (Lipinski definition) is 0. The molecule has 1 aromatic rings. The van der Waals surface area contributed by atoms with Crippen LogP contribution in [0.4, 0.5) is 0 Å². The van der Waals surface area contributed by atoms with Gasteiger partial charge < -0.3 is 0 Å². The van der Waals surface area contributed by atoms with Crippen LogP contribution in [0.25, 0.3) is 0 Å². The summed E-state index contributed by atoms with van der Waals surface area (Å²) in [4.78, 5) is 4.42. The van der Waals surface area contributed by atoms with E-state index >= 15 is 0 Å². The molecule has 1 aromatic heterocycles. The van der Waals surface area contributed by atoms with Crippen molar-refractivity contribution in [3.8, 4) is 0 Å². The second-order valence-corrected chi connectivity index (χ2v) is 3.91. The van der Waals surface area contributed by atoms with Gasteiger partial charge in [0.25, 0.3) is 0 Å². The van der Waals surface area contributed by atoms with E-state index in [1.54, 1.807) is 0 Å². The number of nitrogens with zero attached hydrogens (tertiary/aromatic N) is 1. The predicted octanol–water partition coefficient (Wildman–Crippen LogP) is 3.08. The summed E-state index contributed by atoms with van der Waals surface area (Å²) in [6.45, 7) is 8.80. The summed E-state index contributed by atoms with van der Waals surface area (Å²) in [6.07, 6.45) is 3.00. The molecule has 1 nitrogen and oxygen atoms in total. The molecule has 0 saturated heterocycles. The van der Waals surface area contributed by atoms with Crippen molar-refractivity contribution in [1.82, 2.24) is 4.98 Å². The summed E-state index contributed by atoms with van der Waals surface area (Å²) in [6, 6.07) is 4.12. The van der Waals surface area contributed by atoms with Crippen LogP contribution in [0, 0.1) is 6.92 Å². The Kier molecular flexibility index (Phi) is 2.51. The maximum absolute atomic E-state index is 4.42. The first-order chi connectivity index (χ1) is 5.58. The van der Waals surface area contributed by atoms with Crippen molar-refractivity contribution in [3.05, 3.63) is 29.6 Å². The fourth-order valence-corrected chi connectivity index (χ4v) is 1.36. The lowest BCUT2D eigenvalue weighted by atomic mass is 9.84. The van der Waals surface area contributed by atoms with E-state index in [9.17, 15) is 0 Å². The minimum Gasteiger partial charge on any atom is -0.260 e. The number of aryl methyl sites for hydroxylation is 1. The molecule has 0 radical (unpaired) electrons. The molecule has 1 rings (SSSR count). The lowest BCUT2D eigenvalue weighted by Gasteiger charge is -2.23. The molecular formula is C11H17N. The molecule has 0 atom stereocenters. The summed E-state index contributed by atoms with van der Waals surface area (Å²) in [5.41, 5.74) is 2.74. The molecule has 0 aliphatic rings. The molecule has 0 N–H and O–H groups in total. The van der Waals surface area contributed by atoms with E-state index in [1.807, 2.05) is 12.3 Å². The van der Waals surface area contributed by atoms with E-state index in [0.29, 0.717) is 0 Å². The van der Waals surface area contributed by atoms with Gasteiger partial charge >= 0.3 is 0 Å². The maximum Gasteiger partial charge on any atom is 0.0488 e. The van der Waals surface area contributed by atoms with Crippen molar-refractivity contribution in [2.75, 3.05) is 0 Å². The van der Waals surface area contributed by atoms with E-state index in [1.165, 1.54) is 11.3 Å². The minimum absolute atomic E-state index is 0.214. The van der Waals surface area contributed by atoms with Gasteiger partial charge in [-0.15, -0.1) is 0 Å². The van der Waals surface area contributed by atoms with Crippen LogP contribution in [0.3, 0.4) is 0 Å². The van der Waals surface area contributed by atoms with Crippen molar-refractivity contribution in [2.24, 2.45) is 0 Å². The van der Waals surface area contributed by atoms with Crippen molar-refractivity contribution >= 4 is 0 Å². The zero-order valence-electron chi connectivity index (χ0n) is 8.39. The molecule has 1 heterocycles. The van der Waals surface area contributed by atoms with Gasteiger partial charge in [-0.1, -0.05) is 26.8 Å². The Balaban J connectivity index is 3.10. The highest BCUT2D eigenvalue weighted by atomic mass is 14.7. The molecule has 1 heteroatoms. The third-order valence-electron chi connectivity index (χ3n) is 2.53. The normalized spacial score (nSPS) is 11.7. The van der Waals surface area contributed by atoms with E-state index < -0.39 is 0 Å². The van der Waals surface area contributed by atoms with Gasteiger partial charge in [0, 0.05) is 17.3 Å². The van der Waals surface area contributed by atoms with Crippen LogP contribution in [0.2, 0.25) is 0 Å². The van der Waals surface area contributed by atoms with Crippen LogP contribution < -0.4 is 0 Å². The highest BCUT2D eigenvalue weighted by Gasteiger charge is 2.20. The van der Waals surface area contributed by atoms with Gasteiger partial charge in [-0.05, 0) is 25.0 Å². The van der Waals surface area contributed by atoms with Gasteiger partial charge in [-0.25, -0.2) is 0 Å². The van der Waals surface area contributed by atoms with E-state index in [-0.39, 0.29) is 5.41 Å². The molecule has 0 bridgehead atoms. The zero-order chi connectivity index (χ0) is 9.19. The largest absolute Gasteiger partial charge is 0.260 e. The van der Waals surface area contributed by atoms with Crippen molar-refractivity contribution < 1.29 is 0 Å². The van der Waals surface area contributed by atoms with Crippen LogP contribution in [0.15, 0.2) is 18.3 Å². The van der Waals surface area contributed by atoms with Gasteiger partial charge in [0.2, 0.25) is 0 Å². The monoisotopic (exact) mass is 163 g/mol. The van der Waals surface area contributed by atoms with Gasteiger partial charge in [0.1, 0.15) is 0 Å². The molecule has 0 aliphatic heterocycles. The van der Waals surface area contributed by atoms with Crippen LogP contribution in [-0.2, 0) is 5.41 Å². The molecule has 0 aromatic carbocycles. The Morgan fingerprint density at radius 3 is 2.58 bits per heavy atom. The molecule has 0 aliphatic carbocycles. The third kappa shape index (κ3) is 1.66. The Hall–Kier alpha value is -0.850. The smallest absolute Gasteiger partial charge is 0.0488 e. The van der Waals surface area contributed by atoms with Crippen LogP contribution >= 0.6 is 0 Å². The number of pyridine rings is 1. The van der Waals surface area contributed by atoms with E-state index in [4.69, 9.17) is 0 Å². The number of hydrogen-bond acceptors (Lipinski definition) is 1. The number of rotatable bonds is 2. The fraction of sp³-hybridized carbons (Fsp3) is 0.545. The first-order valence-corrected chi connectivity index (χ1v) is 4.50. The van der Waals surface area contributed by atoms with E-state index in [0.717, 1.165) is 6.42 Å². The van der Waals surface area contributed by atoms with Crippen molar-refractivity contribution in [1.29, 1.82) is 0 Å². The lowest BCUT2D eigenvalue weighted by Crippen LogP contribution is -2.18. The number of aromatic nitrogens is 1. The first kappa shape index (κ1) is 9.24. The fourth-order valence-electron chi connectivity index (χ4n) is 1.36. The summed E-state index contributed by atoms with van der Waals surface area (Å²) in [7, 11) is 0. The van der Waals surface area contributed by atoms with E-state index in [2.05, 4.69) is 38.7 Å². The Morgan fingerprint density at radius 1 is 1.42 bits per heavy atom. The topological polar surface area (TPSA) is 12.9 Å². The van der Waals surface area contributed by atoms with Gasteiger partial charge in [-0.2, -0.15) is 0 Å². The molecule has 66 valence electrons.